The van der Waals surface area contributed by atoms with Gasteiger partial charge in [0.05, 0.1) is 17.3 Å². The molecule has 0 aliphatic rings. The van der Waals surface area contributed by atoms with E-state index >= 15 is 0 Å². The Kier molecular flexibility index (Phi) is 5.44. The second kappa shape index (κ2) is 6.61. The summed E-state index contributed by atoms with van der Waals surface area (Å²) in [4.78, 5) is 13.3. The van der Waals surface area contributed by atoms with Gasteiger partial charge in [-0.15, -0.1) is 0 Å². The Morgan fingerprint density at radius 3 is 2.72 bits per heavy atom. The molecule has 0 spiro atoms. The van der Waals surface area contributed by atoms with Gasteiger partial charge in [0.2, 0.25) is 0 Å². The lowest BCUT2D eigenvalue weighted by atomic mass is 10.1. The Labute approximate surface area is 112 Å². The molecular formula is C13H18ClNO3. The molecule has 0 bridgehead atoms. The molecule has 0 amide bonds. The first-order valence-electron chi connectivity index (χ1n) is 5.80. The lowest BCUT2D eigenvalue weighted by Gasteiger charge is -2.31. The van der Waals surface area contributed by atoms with Crippen LogP contribution in [0.15, 0.2) is 18.2 Å². The molecule has 100 valence electrons. The van der Waals surface area contributed by atoms with Crippen molar-refractivity contribution in [3.05, 3.63) is 28.8 Å². The number of benzene rings is 1. The van der Waals surface area contributed by atoms with Crippen LogP contribution in [0.2, 0.25) is 5.02 Å². The molecule has 1 aromatic rings. The van der Waals surface area contributed by atoms with Crippen molar-refractivity contribution in [1.29, 1.82) is 0 Å². The van der Waals surface area contributed by atoms with E-state index in [1.165, 1.54) is 0 Å². The third kappa shape index (κ3) is 3.15. The van der Waals surface area contributed by atoms with Gasteiger partial charge in [-0.2, -0.15) is 0 Å². The highest BCUT2D eigenvalue weighted by Gasteiger charge is 2.21. The van der Waals surface area contributed by atoms with E-state index in [9.17, 15) is 9.90 Å². The topological polar surface area (TPSA) is 49.8 Å². The molecule has 5 heteroatoms. The van der Waals surface area contributed by atoms with E-state index in [0.29, 0.717) is 18.8 Å². The van der Waals surface area contributed by atoms with Gasteiger partial charge in [0.15, 0.2) is 0 Å². The summed E-state index contributed by atoms with van der Waals surface area (Å²) >= 11 is 5.97. The van der Waals surface area contributed by atoms with Crippen molar-refractivity contribution in [2.75, 3.05) is 25.2 Å². The standard InChI is InChI=1S/C13H18ClNO3/c1-4-15(9(2)8-18-3)11-7-5-6-10(14)12(11)13(16)17/h5-7,9H,4,8H2,1-3H3,(H,16,17). The maximum absolute atomic E-state index is 11.3. The van der Waals surface area contributed by atoms with Crippen molar-refractivity contribution >= 4 is 23.3 Å². The Morgan fingerprint density at radius 2 is 2.22 bits per heavy atom. The predicted octanol–water partition coefficient (Wildman–Crippen LogP) is 2.90. The molecule has 1 atom stereocenters. The van der Waals surface area contributed by atoms with Crippen molar-refractivity contribution < 1.29 is 14.6 Å². The lowest BCUT2D eigenvalue weighted by molar-refractivity contribution is 0.0697. The number of ether oxygens (including phenoxy) is 1. The van der Waals surface area contributed by atoms with Crippen LogP contribution in [0.1, 0.15) is 24.2 Å². The van der Waals surface area contributed by atoms with Gasteiger partial charge in [0, 0.05) is 19.7 Å². The average molecular weight is 272 g/mol. The molecule has 0 aliphatic heterocycles. The van der Waals surface area contributed by atoms with Gasteiger partial charge < -0.3 is 14.7 Å². The number of aromatic carboxylic acids is 1. The van der Waals surface area contributed by atoms with Crippen LogP contribution < -0.4 is 4.90 Å². The fourth-order valence-electron chi connectivity index (χ4n) is 2.01. The molecule has 0 radical (unpaired) electrons. The van der Waals surface area contributed by atoms with E-state index in [0.717, 1.165) is 0 Å². The first-order chi connectivity index (χ1) is 8.52. The van der Waals surface area contributed by atoms with E-state index in [1.807, 2.05) is 18.7 Å². The number of hydrogen-bond donors (Lipinski definition) is 1. The number of hydrogen-bond acceptors (Lipinski definition) is 3. The highest BCUT2D eigenvalue weighted by molar-refractivity contribution is 6.34. The van der Waals surface area contributed by atoms with Crippen LogP contribution >= 0.6 is 11.6 Å². The Hall–Kier alpha value is -1.26. The minimum atomic E-state index is -1.02. The van der Waals surface area contributed by atoms with Crippen LogP contribution in [0.5, 0.6) is 0 Å². The Bertz CT molecular complexity index is 423. The summed E-state index contributed by atoms with van der Waals surface area (Å²) in [5, 5.41) is 9.51. The summed E-state index contributed by atoms with van der Waals surface area (Å²) in [7, 11) is 1.63. The minimum absolute atomic E-state index is 0.0802. The normalized spacial score (nSPS) is 12.2. The number of likely N-dealkylation sites (N-methyl/N-ethyl adjacent to an activating group) is 1. The van der Waals surface area contributed by atoms with E-state index in [2.05, 4.69) is 0 Å². The van der Waals surface area contributed by atoms with E-state index in [-0.39, 0.29) is 16.6 Å². The lowest BCUT2D eigenvalue weighted by Crippen LogP contribution is -2.37. The third-order valence-corrected chi connectivity index (χ3v) is 3.11. The number of halogens is 1. The second-order valence-electron chi connectivity index (χ2n) is 4.03. The van der Waals surface area contributed by atoms with Gasteiger partial charge in [-0.05, 0) is 26.0 Å². The fourth-order valence-corrected chi connectivity index (χ4v) is 2.26. The number of nitrogens with zero attached hydrogens (tertiary/aromatic N) is 1. The number of anilines is 1. The highest BCUT2D eigenvalue weighted by atomic mass is 35.5. The van der Waals surface area contributed by atoms with Gasteiger partial charge >= 0.3 is 5.97 Å². The monoisotopic (exact) mass is 271 g/mol. The van der Waals surface area contributed by atoms with Gasteiger partial charge in [-0.3, -0.25) is 0 Å². The molecule has 0 heterocycles. The van der Waals surface area contributed by atoms with Crippen LogP contribution in [0, 0.1) is 0 Å². The van der Waals surface area contributed by atoms with Crippen LogP contribution in [-0.4, -0.2) is 37.4 Å². The number of carboxylic acids is 1. The number of methoxy groups -OCH3 is 1. The molecule has 0 aliphatic carbocycles. The largest absolute Gasteiger partial charge is 0.478 e. The first kappa shape index (κ1) is 14.8. The van der Waals surface area contributed by atoms with Crippen LogP contribution in [0.25, 0.3) is 0 Å². The summed E-state index contributed by atoms with van der Waals surface area (Å²) in [5.74, 6) is -1.02. The zero-order valence-electron chi connectivity index (χ0n) is 10.8. The van der Waals surface area contributed by atoms with Crippen LogP contribution in [0.3, 0.4) is 0 Å². The van der Waals surface area contributed by atoms with Crippen molar-refractivity contribution in [1.82, 2.24) is 0 Å². The molecule has 0 fully saturated rings. The molecule has 18 heavy (non-hydrogen) atoms. The van der Waals surface area contributed by atoms with Crippen LogP contribution in [0.4, 0.5) is 5.69 Å². The molecule has 1 rings (SSSR count). The summed E-state index contributed by atoms with van der Waals surface area (Å²) in [5.41, 5.74) is 0.769. The smallest absolute Gasteiger partial charge is 0.339 e. The number of carboxylic acid groups (broad SMARTS) is 1. The maximum atomic E-state index is 11.3. The summed E-state index contributed by atoms with van der Waals surface area (Å²) in [6, 6.07) is 5.19. The molecule has 0 saturated heterocycles. The van der Waals surface area contributed by atoms with Gasteiger partial charge in [0.1, 0.15) is 5.56 Å². The first-order valence-corrected chi connectivity index (χ1v) is 6.18. The molecule has 4 nitrogen and oxygen atoms in total. The summed E-state index contributed by atoms with van der Waals surface area (Å²) < 4.78 is 5.12. The average Bonchev–Trinajstić information content (AvgIpc) is 2.29. The van der Waals surface area contributed by atoms with Gasteiger partial charge in [-0.1, -0.05) is 17.7 Å². The number of rotatable bonds is 6. The quantitative estimate of drug-likeness (QED) is 0.864. The highest BCUT2D eigenvalue weighted by Crippen LogP contribution is 2.28. The minimum Gasteiger partial charge on any atom is -0.478 e. The fraction of sp³-hybridized carbons (Fsp3) is 0.462. The summed E-state index contributed by atoms with van der Waals surface area (Å²) in [6.07, 6.45) is 0. The van der Waals surface area contributed by atoms with Crippen molar-refractivity contribution in [3.8, 4) is 0 Å². The molecule has 1 aromatic carbocycles. The van der Waals surface area contributed by atoms with E-state index in [1.54, 1.807) is 25.3 Å². The molecule has 1 N–H and O–H groups in total. The van der Waals surface area contributed by atoms with Crippen molar-refractivity contribution in [2.24, 2.45) is 0 Å². The van der Waals surface area contributed by atoms with Crippen LogP contribution in [-0.2, 0) is 4.74 Å². The summed E-state index contributed by atoms with van der Waals surface area (Å²) in [6.45, 7) is 5.17. The maximum Gasteiger partial charge on any atom is 0.339 e. The van der Waals surface area contributed by atoms with E-state index < -0.39 is 5.97 Å². The second-order valence-corrected chi connectivity index (χ2v) is 4.44. The Balaban J connectivity index is 3.21. The van der Waals surface area contributed by atoms with Crippen molar-refractivity contribution in [3.63, 3.8) is 0 Å². The Morgan fingerprint density at radius 1 is 1.56 bits per heavy atom. The zero-order valence-corrected chi connectivity index (χ0v) is 11.6. The SMILES string of the molecule is CCN(c1cccc(Cl)c1C(=O)O)C(C)COC. The zero-order chi connectivity index (χ0) is 13.7. The van der Waals surface area contributed by atoms with Gasteiger partial charge in [-0.25, -0.2) is 4.79 Å². The van der Waals surface area contributed by atoms with Gasteiger partial charge in [0.25, 0.3) is 0 Å². The van der Waals surface area contributed by atoms with E-state index in [4.69, 9.17) is 16.3 Å². The molecule has 0 saturated carbocycles. The number of carbonyl (C=O) groups is 1. The third-order valence-electron chi connectivity index (χ3n) is 2.80. The van der Waals surface area contributed by atoms with Crippen molar-refractivity contribution in [2.45, 2.75) is 19.9 Å². The molecular weight excluding hydrogens is 254 g/mol. The predicted molar refractivity (Wildman–Crippen MR) is 72.8 cm³/mol. The molecule has 0 aromatic heterocycles. The molecule has 1 unspecified atom stereocenters.